The first-order chi connectivity index (χ1) is 12.7. The molecule has 0 aromatic rings. The van der Waals surface area contributed by atoms with Gasteiger partial charge in [-0.2, -0.15) is 0 Å². The molecule has 2 N–H and O–H groups in total. The van der Waals surface area contributed by atoms with Crippen molar-refractivity contribution in [3.63, 3.8) is 0 Å². The van der Waals surface area contributed by atoms with Crippen molar-refractivity contribution in [2.45, 2.75) is 71.9 Å². The molecule has 0 aliphatic carbocycles. The van der Waals surface area contributed by atoms with Gasteiger partial charge in [-0.25, -0.2) is 0 Å². The average Bonchev–Trinajstić information content (AvgIpc) is 2.86. The van der Waals surface area contributed by atoms with Crippen LogP contribution in [0.2, 0.25) is 0 Å². The molecule has 4 amide bonds. The van der Waals surface area contributed by atoms with E-state index < -0.39 is 30.7 Å². The molecule has 0 bridgehead atoms. The van der Waals surface area contributed by atoms with E-state index in [0.717, 1.165) is 0 Å². The van der Waals surface area contributed by atoms with Crippen LogP contribution in [-0.4, -0.2) is 52.9 Å². The van der Waals surface area contributed by atoms with Crippen LogP contribution in [0.1, 0.15) is 61.1 Å². The van der Waals surface area contributed by atoms with Crippen LogP contribution < -0.4 is 10.6 Å². The summed E-state index contributed by atoms with van der Waals surface area (Å²) in [6.45, 7) is 4.74. The van der Waals surface area contributed by atoms with Crippen LogP contribution in [0.4, 0.5) is 0 Å². The van der Waals surface area contributed by atoms with Crippen LogP contribution in [0.3, 0.4) is 0 Å². The molecule has 26 heavy (non-hydrogen) atoms. The van der Waals surface area contributed by atoms with Crippen molar-refractivity contribution < 1.29 is 25.3 Å². The van der Waals surface area contributed by atoms with Crippen molar-refractivity contribution in [3.05, 3.63) is 0 Å². The van der Waals surface area contributed by atoms with Crippen molar-refractivity contribution in [2.24, 2.45) is 5.92 Å². The van der Waals surface area contributed by atoms with E-state index in [1.807, 2.05) is 0 Å². The Labute approximate surface area is 155 Å². The summed E-state index contributed by atoms with van der Waals surface area (Å²) in [5, 5.41) is 5.03. The Kier molecular flexibility index (Phi) is 7.74. The second-order valence-corrected chi connectivity index (χ2v) is 6.79. The molecule has 1 rings (SSSR count). The Morgan fingerprint density at radius 3 is 2.42 bits per heavy atom. The molecule has 0 saturated carbocycles. The highest BCUT2D eigenvalue weighted by Crippen LogP contribution is 2.19. The molecule has 1 aliphatic rings. The number of nitrogens with one attached hydrogen (secondary N) is 2. The van der Waals surface area contributed by atoms with Crippen LogP contribution in [0, 0.1) is 5.92 Å². The standard InChI is InChI=1S/C18H29N3O5/c1-11-10-16(24)21(18(11)26)9-7-5-6-8-15(23)19-13(3)17(25)20-12(2)14(4)22/h11-13H,5-10H2,1-4H3,(H,19,23)(H,20,25)/i4D. The van der Waals surface area contributed by atoms with Gasteiger partial charge < -0.3 is 10.6 Å². The summed E-state index contributed by atoms with van der Waals surface area (Å²) in [5.74, 6) is -1.66. The normalized spacial score (nSPS) is 19.7. The summed E-state index contributed by atoms with van der Waals surface area (Å²) >= 11 is 0. The van der Waals surface area contributed by atoms with Crippen LogP contribution in [0.15, 0.2) is 0 Å². The SMILES string of the molecule is [2H]CC(=O)C(C)NC(=O)C(C)NC(=O)CCCCCN1C(=O)CC(C)C1=O. The predicted molar refractivity (Wildman–Crippen MR) is 94.9 cm³/mol. The number of hydrogen-bond donors (Lipinski definition) is 2. The zero-order valence-electron chi connectivity index (χ0n) is 16.7. The van der Waals surface area contributed by atoms with E-state index in [2.05, 4.69) is 10.6 Å². The van der Waals surface area contributed by atoms with Gasteiger partial charge in [0.1, 0.15) is 6.04 Å². The van der Waals surface area contributed by atoms with Gasteiger partial charge in [-0.05, 0) is 33.6 Å². The van der Waals surface area contributed by atoms with Crippen molar-refractivity contribution in [2.75, 3.05) is 6.54 Å². The maximum atomic E-state index is 11.9. The number of Topliss-reactive ketones (excluding diaryl/α,β-unsaturated/α-hetero) is 1. The summed E-state index contributed by atoms with van der Waals surface area (Å²) in [4.78, 5) is 59.9. The van der Waals surface area contributed by atoms with Crippen molar-refractivity contribution >= 4 is 29.4 Å². The molecule has 1 aliphatic heterocycles. The van der Waals surface area contributed by atoms with E-state index in [0.29, 0.717) is 25.8 Å². The van der Waals surface area contributed by atoms with Gasteiger partial charge in [0.15, 0.2) is 5.78 Å². The number of carbonyl (C=O) groups is 5. The maximum Gasteiger partial charge on any atom is 0.242 e. The van der Waals surface area contributed by atoms with Crippen LogP contribution in [-0.2, 0) is 24.0 Å². The largest absolute Gasteiger partial charge is 0.345 e. The molecule has 0 radical (unpaired) electrons. The van der Waals surface area contributed by atoms with Gasteiger partial charge in [-0.3, -0.25) is 28.9 Å². The molecule has 1 fully saturated rings. The summed E-state index contributed by atoms with van der Waals surface area (Å²) in [6.07, 6.45) is 2.42. The lowest BCUT2D eigenvalue weighted by Crippen LogP contribution is -2.48. The summed E-state index contributed by atoms with van der Waals surface area (Å²) in [7, 11) is 0. The lowest BCUT2D eigenvalue weighted by Gasteiger charge is -2.17. The number of carbonyl (C=O) groups excluding carboxylic acids is 5. The molecule has 3 atom stereocenters. The van der Waals surface area contributed by atoms with Crippen molar-refractivity contribution in [1.29, 1.82) is 0 Å². The van der Waals surface area contributed by atoms with E-state index in [1.165, 1.54) is 18.7 Å². The Morgan fingerprint density at radius 1 is 1.15 bits per heavy atom. The zero-order chi connectivity index (χ0) is 20.6. The van der Waals surface area contributed by atoms with Gasteiger partial charge in [0.25, 0.3) is 0 Å². The highest BCUT2D eigenvalue weighted by atomic mass is 16.2. The van der Waals surface area contributed by atoms with E-state index in [4.69, 9.17) is 1.37 Å². The first-order valence-electron chi connectivity index (χ1n) is 9.64. The molecular formula is C18H29N3O5. The number of unbranched alkanes of at least 4 members (excludes halogenated alkanes) is 2. The first-order valence-corrected chi connectivity index (χ1v) is 8.93. The molecule has 0 spiro atoms. The average molecular weight is 368 g/mol. The van der Waals surface area contributed by atoms with Crippen molar-refractivity contribution in [3.8, 4) is 0 Å². The monoisotopic (exact) mass is 368 g/mol. The van der Waals surface area contributed by atoms with Crippen molar-refractivity contribution in [1.82, 2.24) is 15.5 Å². The Hall–Kier alpha value is -2.25. The quantitative estimate of drug-likeness (QED) is 0.432. The fraction of sp³-hybridized carbons (Fsp3) is 0.722. The van der Waals surface area contributed by atoms with E-state index in [1.54, 1.807) is 6.92 Å². The lowest BCUT2D eigenvalue weighted by molar-refractivity contribution is -0.139. The highest BCUT2D eigenvalue weighted by Gasteiger charge is 2.34. The van der Waals surface area contributed by atoms with Crippen LogP contribution in [0.25, 0.3) is 0 Å². The fourth-order valence-electron chi connectivity index (χ4n) is 2.61. The summed E-state index contributed by atoms with van der Waals surface area (Å²) in [6, 6.07) is -1.53. The van der Waals surface area contributed by atoms with E-state index in [9.17, 15) is 24.0 Å². The molecule has 0 aromatic heterocycles. The van der Waals surface area contributed by atoms with E-state index >= 15 is 0 Å². The zero-order valence-corrected chi connectivity index (χ0v) is 15.7. The smallest absolute Gasteiger partial charge is 0.242 e. The third-order valence-electron chi connectivity index (χ3n) is 4.37. The molecule has 0 aromatic carbocycles. The van der Waals surface area contributed by atoms with E-state index in [-0.39, 0.29) is 36.5 Å². The lowest BCUT2D eigenvalue weighted by atomic mass is 10.1. The summed E-state index contributed by atoms with van der Waals surface area (Å²) in [5.41, 5.74) is 0. The maximum absolute atomic E-state index is 11.9. The van der Waals surface area contributed by atoms with Gasteiger partial charge in [0.05, 0.1) is 6.04 Å². The number of nitrogens with zero attached hydrogens (tertiary/aromatic N) is 1. The molecular weight excluding hydrogens is 338 g/mol. The summed E-state index contributed by atoms with van der Waals surface area (Å²) < 4.78 is 6.99. The molecule has 1 heterocycles. The third kappa shape index (κ3) is 6.57. The van der Waals surface area contributed by atoms with Crippen LogP contribution >= 0.6 is 0 Å². The van der Waals surface area contributed by atoms with Gasteiger partial charge in [0, 0.05) is 26.7 Å². The van der Waals surface area contributed by atoms with Gasteiger partial charge in [-0.1, -0.05) is 13.3 Å². The van der Waals surface area contributed by atoms with Crippen LogP contribution in [0.5, 0.6) is 0 Å². The first kappa shape index (κ1) is 20.1. The molecule has 3 unspecified atom stereocenters. The highest BCUT2D eigenvalue weighted by molar-refractivity contribution is 6.03. The molecule has 1 saturated heterocycles. The number of hydrogen-bond acceptors (Lipinski definition) is 5. The molecule has 8 nitrogen and oxygen atoms in total. The Balaban J connectivity index is 2.21. The Bertz CT molecular complexity index is 596. The number of likely N-dealkylation sites (tertiary alicyclic amines) is 1. The van der Waals surface area contributed by atoms with Gasteiger partial charge in [-0.15, -0.1) is 0 Å². The second kappa shape index (κ2) is 10.0. The number of amides is 4. The number of imide groups is 1. The Morgan fingerprint density at radius 2 is 1.85 bits per heavy atom. The number of ketones is 1. The minimum Gasteiger partial charge on any atom is -0.345 e. The van der Waals surface area contributed by atoms with Gasteiger partial charge >= 0.3 is 0 Å². The third-order valence-corrected chi connectivity index (χ3v) is 4.37. The fourth-order valence-corrected chi connectivity index (χ4v) is 2.61. The number of rotatable bonds is 10. The molecule has 8 heteroatoms. The topological polar surface area (TPSA) is 113 Å². The minimum absolute atomic E-state index is 0.129. The minimum atomic E-state index is -0.778. The van der Waals surface area contributed by atoms with Gasteiger partial charge in [0.2, 0.25) is 23.6 Å². The second-order valence-electron chi connectivity index (χ2n) is 6.79. The predicted octanol–water partition coefficient (Wildman–Crippen LogP) is 0.540. The molecule has 146 valence electrons.